The Kier molecular flexibility index (Phi) is 27.9. The Balaban J connectivity index is 0. The third-order valence-electron chi connectivity index (χ3n) is 0. The molecule has 0 spiro atoms. The SMILES string of the molecule is C#CN.[LiH]. The van der Waals surface area contributed by atoms with Crippen molar-refractivity contribution >= 4 is 18.9 Å². The Morgan fingerprint density at radius 1 is 1.75 bits per heavy atom. The van der Waals surface area contributed by atoms with E-state index in [1.165, 1.54) is 0 Å². The van der Waals surface area contributed by atoms with Crippen LogP contribution in [0.1, 0.15) is 0 Å². The van der Waals surface area contributed by atoms with Gasteiger partial charge in [0.05, 0.1) is 0 Å². The molecule has 0 aliphatic heterocycles. The van der Waals surface area contributed by atoms with Crippen molar-refractivity contribution in [3.05, 3.63) is 0 Å². The summed E-state index contributed by atoms with van der Waals surface area (Å²) in [5.74, 6) is 0. The third-order valence-corrected chi connectivity index (χ3v) is 0. The molecule has 0 atom stereocenters. The summed E-state index contributed by atoms with van der Waals surface area (Å²) in [6, 6.07) is 1.75. The van der Waals surface area contributed by atoms with Gasteiger partial charge in [0, 0.05) is 0 Å². The van der Waals surface area contributed by atoms with E-state index >= 15 is 0 Å². The molecule has 0 aromatic carbocycles. The van der Waals surface area contributed by atoms with Crippen LogP contribution in [0.2, 0.25) is 0 Å². The molecular weight excluding hydrogens is 45.0 g/mol. The van der Waals surface area contributed by atoms with Crippen molar-refractivity contribution < 1.29 is 0 Å². The average Bonchev–Trinajstić information content (AvgIpc) is 0.918. The van der Waals surface area contributed by atoms with Gasteiger partial charge in [-0.3, -0.25) is 0 Å². The van der Waals surface area contributed by atoms with Gasteiger partial charge in [0.15, 0.2) is 0 Å². The summed E-state index contributed by atoms with van der Waals surface area (Å²) in [6.45, 7) is 0. The molecule has 0 saturated carbocycles. The fourth-order valence-corrected chi connectivity index (χ4v) is 0. The summed E-state index contributed by atoms with van der Waals surface area (Å²) < 4.78 is 0. The second kappa shape index (κ2) is 12.4. The molecule has 2 heteroatoms. The molecule has 0 unspecified atom stereocenters. The monoisotopic (exact) mass is 49.1 g/mol. The summed E-state index contributed by atoms with van der Waals surface area (Å²) in [4.78, 5) is 0. The maximum atomic E-state index is 4.38. The molecule has 0 aromatic heterocycles. The van der Waals surface area contributed by atoms with Crippen LogP contribution in [0.25, 0.3) is 0 Å². The molecule has 4 heavy (non-hydrogen) atoms. The second-order valence-electron chi connectivity index (χ2n) is 0.167. The molecule has 0 aliphatic carbocycles. The van der Waals surface area contributed by atoms with E-state index in [0.29, 0.717) is 0 Å². The van der Waals surface area contributed by atoms with Gasteiger partial charge in [-0.05, 0) is 6.04 Å². The van der Waals surface area contributed by atoms with Gasteiger partial charge in [0.2, 0.25) is 0 Å². The van der Waals surface area contributed by atoms with E-state index in [1.807, 2.05) is 0 Å². The van der Waals surface area contributed by atoms with Crippen molar-refractivity contribution in [1.29, 1.82) is 0 Å². The fraction of sp³-hybridized carbons (Fsp3) is 0. The molecule has 0 amide bonds. The van der Waals surface area contributed by atoms with Crippen LogP contribution < -0.4 is 5.73 Å². The number of hydrogen-bond acceptors (Lipinski definition) is 1. The van der Waals surface area contributed by atoms with E-state index in [0.717, 1.165) is 0 Å². The van der Waals surface area contributed by atoms with Crippen molar-refractivity contribution in [2.24, 2.45) is 5.73 Å². The topological polar surface area (TPSA) is 26.0 Å². The summed E-state index contributed by atoms with van der Waals surface area (Å²) in [5, 5.41) is 0. The van der Waals surface area contributed by atoms with Gasteiger partial charge in [-0.25, -0.2) is 0 Å². The zero-order valence-electron chi connectivity index (χ0n) is 1.65. The first-order valence-corrected chi connectivity index (χ1v) is 0.577. The molecule has 0 heterocycles. The number of rotatable bonds is 0. The number of hydrogen-bond donors (Lipinski definition) is 1. The maximum absolute atomic E-state index is 4.38. The van der Waals surface area contributed by atoms with Gasteiger partial charge in [0.1, 0.15) is 0 Å². The Labute approximate surface area is 37.7 Å². The zero-order chi connectivity index (χ0) is 2.71. The molecule has 0 rings (SSSR count). The van der Waals surface area contributed by atoms with Crippen LogP contribution >= 0.6 is 0 Å². The minimum absolute atomic E-state index is 0. The molecule has 18 valence electrons. The van der Waals surface area contributed by atoms with E-state index in [1.54, 1.807) is 6.04 Å². The first kappa shape index (κ1) is 9.03. The molecule has 0 fully saturated rings. The van der Waals surface area contributed by atoms with Gasteiger partial charge in [-0.15, -0.1) is 0 Å². The van der Waals surface area contributed by atoms with Crippen molar-refractivity contribution in [2.45, 2.75) is 0 Å². The quantitative estimate of drug-likeness (QED) is 0.210. The van der Waals surface area contributed by atoms with Gasteiger partial charge in [-0.1, -0.05) is 6.42 Å². The molecular formula is C2H4LiN. The van der Waals surface area contributed by atoms with Crippen LogP contribution in [0.4, 0.5) is 0 Å². The summed E-state index contributed by atoms with van der Waals surface area (Å²) in [6.07, 6.45) is 4.38. The predicted octanol–water partition coefficient (Wildman–Crippen LogP) is -1.11. The minimum atomic E-state index is 0. The average molecular weight is 49.0 g/mol. The molecule has 0 bridgehead atoms. The summed E-state index contributed by atoms with van der Waals surface area (Å²) in [5.41, 5.74) is 4.38. The van der Waals surface area contributed by atoms with Crippen molar-refractivity contribution in [3.63, 3.8) is 0 Å². The normalized spacial score (nSPS) is 1.75. The fourth-order valence-electron chi connectivity index (χ4n) is 0. The van der Waals surface area contributed by atoms with E-state index in [2.05, 4.69) is 12.2 Å². The van der Waals surface area contributed by atoms with Gasteiger partial charge in [0.25, 0.3) is 0 Å². The molecule has 2 N–H and O–H groups in total. The zero-order valence-corrected chi connectivity index (χ0v) is 1.65. The standard InChI is InChI=1S/C2H3N.Li.H/c1-2-3;;/h1H,3H2;;. The predicted molar refractivity (Wildman–Crippen MR) is 20.2 cm³/mol. The van der Waals surface area contributed by atoms with Crippen LogP contribution in [0.5, 0.6) is 0 Å². The Morgan fingerprint density at radius 3 is 1.75 bits per heavy atom. The van der Waals surface area contributed by atoms with Crippen molar-refractivity contribution in [2.75, 3.05) is 0 Å². The molecule has 0 radical (unpaired) electrons. The number of nitrogens with two attached hydrogens (primary N) is 1. The van der Waals surface area contributed by atoms with E-state index < -0.39 is 0 Å². The third kappa shape index (κ3) is 989. The Bertz CT molecular complexity index is 27.5. The van der Waals surface area contributed by atoms with Crippen LogP contribution in [0.3, 0.4) is 0 Å². The summed E-state index contributed by atoms with van der Waals surface area (Å²) in [7, 11) is 0. The molecule has 1 nitrogen and oxygen atoms in total. The Morgan fingerprint density at radius 2 is 1.75 bits per heavy atom. The van der Waals surface area contributed by atoms with E-state index in [9.17, 15) is 0 Å². The first-order chi connectivity index (χ1) is 1.41. The molecule has 0 aromatic rings. The second-order valence-corrected chi connectivity index (χ2v) is 0.167. The van der Waals surface area contributed by atoms with E-state index in [-0.39, 0.29) is 18.9 Å². The van der Waals surface area contributed by atoms with Gasteiger partial charge in [-0.2, -0.15) is 0 Å². The van der Waals surface area contributed by atoms with Crippen LogP contribution in [0, 0.1) is 12.5 Å². The van der Waals surface area contributed by atoms with Crippen LogP contribution in [0.15, 0.2) is 0 Å². The van der Waals surface area contributed by atoms with Crippen LogP contribution in [-0.2, 0) is 0 Å². The molecule has 0 saturated heterocycles. The van der Waals surface area contributed by atoms with Gasteiger partial charge < -0.3 is 5.73 Å². The van der Waals surface area contributed by atoms with E-state index in [4.69, 9.17) is 0 Å². The van der Waals surface area contributed by atoms with Crippen molar-refractivity contribution in [3.8, 4) is 12.5 Å². The van der Waals surface area contributed by atoms with Crippen molar-refractivity contribution in [1.82, 2.24) is 0 Å². The van der Waals surface area contributed by atoms with Crippen LogP contribution in [-0.4, -0.2) is 18.9 Å². The Hall–Kier alpha value is -0.0426. The first-order valence-electron chi connectivity index (χ1n) is 0.577. The van der Waals surface area contributed by atoms with Gasteiger partial charge >= 0.3 is 18.9 Å². The molecule has 0 aliphatic rings. The summed E-state index contributed by atoms with van der Waals surface area (Å²) >= 11 is 0. The number of terminal acetylenes is 1.